The minimum Gasteiger partial charge on any atom is -0.477 e. The predicted molar refractivity (Wildman–Crippen MR) is 69.6 cm³/mol. The zero-order valence-corrected chi connectivity index (χ0v) is 10.4. The van der Waals surface area contributed by atoms with Gasteiger partial charge in [0, 0.05) is 5.39 Å². The first-order chi connectivity index (χ1) is 7.91. The first-order valence-corrected chi connectivity index (χ1v) is 5.22. The summed E-state index contributed by atoms with van der Waals surface area (Å²) in [5.74, 6) is -2.08. The summed E-state index contributed by atoms with van der Waals surface area (Å²) in [6, 6.07) is 1.13. The van der Waals surface area contributed by atoms with E-state index in [1.165, 1.54) is 0 Å². The van der Waals surface area contributed by atoms with Gasteiger partial charge in [0.05, 0.1) is 5.69 Å². The number of H-pyrrole nitrogens is 1. The van der Waals surface area contributed by atoms with Gasteiger partial charge in [0.1, 0.15) is 15.3 Å². The molecule has 0 fully saturated rings. The monoisotopic (exact) mass is 289 g/mol. The van der Waals surface area contributed by atoms with Gasteiger partial charge in [-0.3, -0.25) is 9.59 Å². The third-order valence-electron chi connectivity index (χ3n) is 2.20. The maximum Gasteiger partial charge on any atom is 0.341 e. The van der Waals surface area contributed by atoms with Gasteiger partial charge in [0.25, 0.3) is 11.5 Å². The molecule has 9 heteroatoms. The Morgan fingerprint density at radius 1 is 1.39 bits per heavy atom. The molecule has 0 saturated carbocycles. The number of rotatable bonds is 2. The van der Waals surface area contributed by atoms with Crippen LogP contribution in [0.3, 0.4) is 0 Å². The minimum atomic E-state index is -1.36. The number of aromatic carboxylic acids is 1. The first-order valence-electron chi connectivity index (χ1n) is 4.40. The normalized spacial score (nSPS) is 10.0. The lowest BCUT2D eigenvalue weighted by Crippen LogP contribution is -2.16. The molecule has 0 saturated heterocycles. The molecular weight excluding hydrogens is 282 g/mol. The SMILES string of the molecule is Cl.NC(=O)c1sc2[nH]c(=O)c(C(=O)O)cc2c1N. The first kappa shape index (κ1) is 14.0. The third-order valence-corrected chi connectivity index (χ3v) is 3.35. The topological polar surface area (TPSA) is 139 Å². The van der Waals surface area contributed by atoms with Gasteiger partial charge in [0.2, 0.25) is 0 Å². The molecule has 0 bridgehead atoms. The highest BCUT2D eigenvalue weighted by Crippen LogP contribution is 2.31. The van der Waals surface area contributed by atoms with Crippen molar-refractivity contribution in [1.29, 1.82) is 0 Å². The Morgan fingerprint density at radius 3 is 2.50 bits per heavy atom. The highest BCUT2D eigenvalue weighted by molar-refractivity contribution is 7.21. The highest BCUT2D eigenvalue weighted by atomic mass is 35.5. The number of carbonyl (C=O) groups excluding carboxylic acids is 1. The van der Waals surface area contributed by atoms with Gasteiger partial charge in [-0.15, -0.1) is 23.7 Å². The molecule has 6 N–H and O–H groups in total. The molecular formula is C9H8ClN3O4S. The molecule has 2 aromatic rings. The number of amides is 1. The minimum absolute atomic E-state index is 0. The second-order valence-corrected chi connectivity index (χ2v) is 4.29. The zero-order valence-electron chi connectivity index (χ0n) is 8.72. The lowest BCUT2D eigenvalue weighted by Gasteiger charge is -1.95. The van der Waals surface area contributed by atoms with Crippen LogP contribution in [-0.4, -0.2) is 22.0 Å². The summed E-state index contributed by atoms with van der Waals surface area (Å²) in [4.78, 5) is 36.0. The Labute approximate surface area is 110 Å². The number of halogens is 1. The van der Waals surface area contributed by atoms with Crippen LogP contribution in [0.4, 0.5) is 5.69 Å². The summed E-state index contributed by atoms with van der Waals surface area (Å²) in [6.07, 6.45) is 0. The van der Waals surface area contributed by atoms with Crippen LogP contribution in [0.5, 0.6) is 0 Å². The molecule has 7 nitrogen and oxygen atoms in total. The average molecular weight is 290 g/mol. The molecule has 0 spiro atoms. The second kappa shape index (κ2) is 4.67. The van der Waals surface area contributed by atoms with Crippen LogP contribution < -0.4 is 17.0 Å². The number of aromatic nitrogens is 1. The third kappa shape index (κ3) is 2.03. The number of nitrogens with one attached hydrogen (secondary N) is 1. The van der Waals surface area contributed by atoms with Gasteiger partial charge in [-0.1, -0.05) is 0 Å². The number of anilines is 1. The average Bonchev–Trinajstić information content (AvgIpc) is 2.54. The molecule has 0 aliphatic rings. The molecule has 0 aliphatic carbocycles. The van der Waals surface area contributed by atoms with E-state index in [1.54, 1.807) is 0 Å². The van der Waals surface area contributed by atoms with E-state index < -0.39 is 23.0 Å². The number of nitrogen functional groups attached to an aromatic ring is 1. The number of thiophene rings is 1. The molecule has 0 aromatic carbocycles. The quantitative estimate of drug-likeness (QED) is 0.633. The number of carbonyl (C=O) groups is 2. The van der Waals surface area contributed by atoms with E-state index in [0.717, 1.165) is 17.4 Å². The molecule has 96 valence electrons. The number of pyridine rings is 1. The van der Waals surface area contributed by atoms with E-state index in [2.05, 4.69) is 4.98 Å². The number of fused-ring (bicyclic) bond motifs is 1. The summed E-state index contributed by atoms with van der Waals surface area (Å²) >= 11 is 0.919. The van der Waals surface area contributed by atoms with Crippen molar-refractivity contribution in [2.75, 3.05) is 5.73 Å². The fraction of sp³-hybridized carbons (Fsp3) is 0. The number of hydrogen-bond acceptors (Lipinski definition) is 5. The molecule has 1 amide bonds. The molecule has 18 heavy (non-hydrogen) atoms. The van der Waals surface area contributed by atoms with Gasteiger partial charge >= 0.3 is 5.97 Å². The Bertz CT molecular complexity index is 706. The summed E-state index contributed by atoms with van der Waals surface area (Å²) in [6.45, 7) is 0. The van der Waals surface area contributed by atoms with Crippen LogP contribution >= 0.6 is 23.7 Å². The Hall–Kier alpha value is -2.06. The summed E-state index contributed by atoms with van der Waals surface area (Å²) in [5.41, 5.74) is 9.65. The fourth-order valence-electron chi connectivity index (χ4n) is 1.42. The van der Waals surface area contributed by atoms with Crippen LogP contribution in [0.15, 0.2) is 10.9 Å². The van der Waals surface area contributed by atoms with Gasteiger partial charge < -0.3 is 21.6 Å². The number of carboxylic acid groups (broad SMARTS) is 1. The lowest BCUT2D eigenvalue weighted by molar-refractivity contribution is 0.0695. The van der Waals surface area contributed by atoms with E-state index in [4.69, 9.17) is 16.6 Å². The van der Waals surface area contributed by atoms with Crippen molar-refractivity contribution >= 4 is 51.5 Å². The molecule has 2 heterocycles. The largest absolute Gasteiger partial charge is 0.477 e. The standard InChI is InChI=1S/C9H7N3O4S.ClH/c10-4-2-1-3(9(15)16)7(14)12-8(2)17-5(4)6(11)13;/h1H,10H2,(H2,11,13)(H,12,14)(H,15,16);1H. The number of primary amides is 1. The predicted octanol–water partition coefficient (Wildman–Crippen LogP) is 0.391. The van der Waals surface area contributed by atoms with Gasteiger partial charge in [-0.05, 0) is 6.07 Å². The van der Waals surface area contributed by atoms with E-state index in [0.29, 0.717) is 10.2 Å². The smallest absolute Gasteiger partial charge is 0.341 e. The maximum atomic E-state index is 11.4. The summed E-state index contributed by atoms with van der Waals surface area (Å²) in [7, 11) is 0. The maximum absolute atomic E-state index is 11.4. The van der Waals surface area contributed by atoms with Crippen molar-refractivity contribution in [3.63, 3.8) is 0 Å². The van der Waals surface area contributed by atoms with Gasteiger partial charge in [-0.2, -0.15) is 0 Å². The van der Waals surface area contributed by atoms with Gasteiger partial charge in [0.15, 0.2) is 0 Å². The fourth-order valence-corrected chi connectivity index (χ4v) is 2.36. The zero-order chi connectivity index (χ0) is 12.7. The highest BCUT2D eigenvalue weighted by Gasteiger charge is 2.18. The molecule has 0 aliphatic heterocycles. The van der Waals surface area contributed by atoms with Crippen molar-refractivity contribution in [2.24, 2.45) is 5.73 Å². The number of carboxylic acids is 1. The summed E-state index contributed by atoms with van der Waals surface area (Å²) in [5, 5.41) is 9.09. The number of nitrogens with two attached hydrogens (primary N) is 2. The van der Waals surface area contributed by atoms with E-state index in [1.807, 2.05) is 0 Å². The molecule has 0 unspecified atom stereocenters. The second-order valence-electron chi connectivity index (χ2n) is 3.27. The van der Waals surface area contributed by atoms with E-state index in [-0.39, 0.29) is 23.0 Å². The van der Waals surface area contributed by atoms with Crippen LogP contribution in [0.25, 0.3) is 10.2 Å². The van der Waals surface area contributed by atoms with Crippen molar-refractivity contribution < 1.29 is 14.7 Å². The van der Waals surface area contributed by atoms with Crippen LogP contribution in [-0.2, 0) is 0 Å². The molecule has 0 radical (unpaired) electrons. The van der Waals surface area contributed by atoms with Gasteiger partial charge in [-0.25, -0.2) is 4.79 Å². The lowest BCUT2D eigenvalue weighted by atomic mass is 10.2. The number of aromatic amines is 1. The van der Waals surface area contributed by atoms with Crippen molar-refractivity contribution in [1.82, 2.24) is 4.98 Å². The van der Waals surface area contributed by atoms with E-state index in [9.17, 15) is 14.4 Å². The summed E-state index contributed by atoms with van der Waals surface area (Å²) < 4.78 is 0. The molecule has 0 atom stereocenters. The Kier molecular flexibility index (Phi) is 3.63. The molecule has 2 rings (SSSR count). The Balaban J connectivity index is 0.00000162. The van der Waals surface area contributed by atoms with Crippen LogP contribution in [0.2, 0.25) is 0 Å². The van der Waals surface area contributed by atoms with Crippen LogP contribution in [0.1, 0.15) is 20.0 Å². The molecule has 2 aromatic heterocycles. The Morgan fingerprint density at radius 2 is 2.00 bits per heavy atom. The van der Waals surface area contributed by atoms with Crippen molar-refractivity contribution in [3.05, 3.63) is 26.9 Å². The van der Waals surface area contributed by atoms with Crippen molar-refractivity contribution in [2.45, 2.75) is 0 Å². The van der Waals surface area contributed by atoms with Crippen molar-refractivity contribution in [3.8, 4) is 0 Å². The van der Waals surface area contributed by atoms with Crippen LogP contribution in [0, 0.1) is 0 Å². The number of hydrogen-bond donors (Lipinski definition) is 4. The van der Waals surface area contributed by atoms with E-state index >= 15 is 0 Å².